The van der Waals surface area contributed by atoms with E-state index in [2.05, 4.69) is 10.9 Å². The molecule has 0 bridgehead atoms. The van der Waals surface area contributed by atoms with Crippen molar-refractivity contribution < 1.29 is 26.4 Å². The molecule has 2 amide bonds. The molecule has 0 saturated heterocycles. The number of amides is 2. The first-order valence-electron chi connectivity index (χ1n) is 9.00. The second-order valence-corrected chi connectivity index (χ2v) is 11.1. The number of aryl methyl sites for hydroxylation is 1. The summed E-state index contributed by atoms with van der Waals surface area (Å²) in [5.74, 6) is -1.44. The zero-order valence-electron chi connectivity index (χ0n) is 17.5. The molecule has 0 aliphatic heterocycles. The lowest BCUT2D eigenvalue weighted by Crippen LogP contribution is -2.46. The van der Waals surface area contributed by atoms with E-state index in [9.17, 15) is 26.4 Å². The second-order valence-electron chi connectivity index (χ2n) is 6.89. The van der Waals surface area contributed by atoms with Gasteiger partial charge in [-0.3, -0.25) is 20.4 Å². The zero-order chi connectivity index (χ0) is 23.4. The Morgan fingerprint density at radius 3 is 1.77 bits per heavy atom. The van der Waals surface area contributed by atoms with Crippen LogP contribution in [0.15, 0.2) is 58.3 Å². The van der Waals surface area contributed by atoms with E-state index in [1.165, 1.54) is 57.5 Å². The molecule has 0 radical (unpaired) electrons. The molecule has 0 atom stereocenters. The van der Waals surface area contributed by atoms with Crippen molar-refractivity contribution in [3.63, 3.8) is 0 Å². The minimum Gasteiger partial charge on any atom is -0.272 e. The van der Waals surface area contributed by atoms with Gasteiger partial charge in [-0.1, -0.05) is 17.7 Å². The number of likely N-dealkylation sites (N-methyl/N-ethyl adjacent to an activating group) is 1. The van der Waals surface area contributed by atoms with Crippen LogP contribution in [-0.4, -0.2) is 64.9 Å². The predicted molar refractivity (Wildman–Crippen MR) is 114 cm³/mol. The number of hydrogen-bond donors (Lipinski definition) is 2. The fourth-order valence-electron chi connectivity index (χ4n) is 2.40. The summed E-state index contributed by atoms with van der Waals surface area (Å²) >= 11 is 0. The van der Waals surface area contributed by atoms with Crippen molar-refractivity contribution in [1.82, 2.24) is 19.5 Å². The third-order valence-corrected chi connectivity index (χ3v) is 7.95. The van der Waals surface area contributed by atoms with Gasteiger partial charge in [0.05, 0.1) is 16.3 Å². The Morgan fingerprint density at radius 1 is 0.774 bits per heavy atom. The van der Waals surface area contributed by atoms with Gasteiger partial charge >= 0.3 is 0 Å². The number of sulfonamides is 2. The van der Waals surface area contributed by atoms with E-state index in [-0.39, 0.29) is 15.4 Å². The normalized spacial score (nSPS) is 12.1. The highest BCUT2D eigenvalue weighted by atomic mass is 32.2. The molecule has 2 rings (SSSR count). The highest BCUT2D eigenvalue weighted by molar-refractivity contribution is 7.89. The van der Waals surface area contributed by atoms with E-state index in [0.29, 0.717) is 0 Å². The molecule has 0 aromatic heterocycles. The molecule has 12 heteroatoms. The maximum atomic E-state index is 12.5. The summed E-state index contributed by atoms with van der Waals surface area (Å²) in [4.78, 5) is 24.3. The van der Waals surface area contributed by atoms with Gasteiger partial charge in [-0.15, -0.1) is 0 Å². The summed E-state index contributed by atoms with van der Waals surface area (Å²) in [5.41, 5.74) is 5.31. The molecule has 0 heterocycles. The molecule has 168 valence electrons. The van der Waals surface area contributed by atoms with Crippen LogP contribution in [0.25, 0.3) is 0 Å². The Morgan fingerprint density at radius 2 is 1.26 bits per heavy atom. The quantitative estimate of drug-likeness (QED) is 0.563. The number of hydrogen-bond acceptors (Lipinski definition) is 6. The van der Waals surface area contributed by atoms with Crippen LogP contribution in [0.5, 0.6) is 0 Å². The van der Waals surface area contributed by atoms with E-state index in [1.807, 2.05) is 6.92 Å². The molecule has 0 fully saturated rings. The number of nitrogens with zero attached hydrogens (tertiary/aromatic N) is 2. The van der Waals surface area contributed by atoms with Gasteiger partial charge in [0.25, 0.3) is 11.8 Å². The number of carbonyl (C=O) groups is 2. The van der Waals surface area contributed by atoms with Crippen LogP contribution in [0, 0.1) is 6.92 Å². The lowest BCUT2D eigenvalue weighted by Gasteiger charge is -2.17. The Bertz CT molecular complexity index is 1160. The summed E-state index contributed by atoms with van der Waals surface area (Å²) in [7, 11) is -3.47. The molecule has 2 aromatic carbocycles. The maximum absolute atomic E-state index is 12.5. The molecular formula is C19H24N4O6S2. The summed E-state index contributed by atoms with van der Waals surface area (Å²) in [6.07, 6.45) is 0. The Labute approximate surface area is 181 Å². The predicted octanol–water partition coefficient (Wildman–Crippen LogP) is 0.327. The third kappa shape index (κ3) is 5.88. The van der Waals surface area contributed by atoms with Crippen LogP contribution >= 0.6 is 0 Å². The zero-order valence-corrected chi connectivity index (χ0v) is 19.1. The van der Waals surface area contributed by atoms with E-state index < -0.39 is 38.4 Å². The fraction of sp³-hybridized carbons (Fsp3) is 0.263. The summed E-state index contributed by atoms with van der Waals surface area (Å²) in [6, 6.07) is 11.3. The Kier molecular flexibility index (Phi) is 7.54. The number of benzene rings is 2. The van der Waals surface area contributed by atoms with Crippen molar-refractivity contribution in [2.45, 2.75) is 16.7 Å². The first-order chi connectivity index (χ1) is 14.4. The van der Waals surface area contributed by atoms with Crippen molar-refractivity contribution in [3.8, 4) is 0 Å². The van der Waals surface area contributed by atoms with E-state index in [4.69, 9.17) is 0 Å². The molecule has 0 unspecified atom stereocenters. The van der Waals surface area contributed by atoms with Crippen molar-refractivity contribution in [1.29, 1.82) is 0 Å². The van der Waals surface area contributed by atoms with Crippen molar-refractivity contribution in [2.24, 2.45) is 0 Å². The molecule has 10 nitrogen and oxygen atoms in total. The summed E-state index contributed by atoms with van der Waals surface area (Å²) in [6.45, 7) is 1.31. The summed E-state index contributed by atoms with van der Waals surface area (Å²) < 4.78 is 51.0. The topological polar surface area (TPSA) is 133 Å². The van der Waals surface area contributed by atoms with Gasteiger partial charge in [0.15, 0.2) is 0 Å². The lowest BCUT2D eigenvalue weighted by atomic mass is 10.2. The van der Waals surface area contributed by atoms with Gasteiger partial charge in [-0.05, 0) is 43.3 Å². The minimum absolute atomic E-state index is 0.0148. The van der Waals surface area contributed by atoms with Crippen molar-refractivity contribution in [2.75, 3.05) is 27.7 Å². The number of nitrogens with one attached hydrogen (secondary N) is 2. The van der Waals surface area contributed by atoms with Crippen molar-refractivity contribution >= 4 is 31.9 Å². The Hall–Kier alpha value is -2.80. The molecule has 0 aliphatic rings. The largest absolute Gasteiger partial charge is 0.272 e. The van der Waals surface area contributed by atoms with Gasteiger partial charge in [0.2, 0.25) is 20.0 Å². The van der Waals surface area contributed by atoms with Crippen LogP contribution < -0.4 is 10.9 Å². The molecule has 0 aliphatic carbocycles. The monoisotopic (exact) mass is 468 g/mol. The first-order valence-corrected chi connectivity index (χ1v) is 11.9. The number of rotatable bonds is 7. The van der Waals surface area contributed by atoms with Crippen LogP contribution in [0.2, 0.25) is 0 Å². The maximum Gasteiger partial charge on any atom is 0.269 e. The molecule has 0 saturated carbocycles. The van der Waals surface area contributed by atoms with Crippen LogP contribution in [0.3, 0.4) is 0 Å². The average molecular weight is 469 g/mol. The van der Waals surface area contributed by atoms with Crippen LogP contribution in [0.4, 0.5) is 0 Å². The van der Waals surface area contributed by atoms with Gasteiger partial charge in [0.1, 0.15) is 0 Å². The van der Waals surface area contributed by atoms with Gasteiger partial charge in [-0.25, -0.2) is 21.1 Å². The van der Waals surface area contributed by atoms with Gasteiger partial charge in [-0.2, -0.15) is 4.31 Å². The van der Waals surface area contributed by atoms with E-state index >= 15 is 0 Å². The summed E-state index contributed by atoms with van der Waals surface area (Å²) in [5, 5.41) is 0. The fourth-order valence-corrected chi connectivity index (χ4v) is 4.43. The highest BCUT2D eigenvalue weighted by Crippen LogP contribution is 2.15. The molecule has 2 N–H and O–H groups in total. The van der Waals surface area contributed by atoms with Crippen LogP contribution in [-0.2, 0) is 24.8 Å². The Balaban J connectivity index is 1.96. The van der Waals surface area contributed by atoms with E-state index in [0.717, 1.165) is 14.2 Å². The smallest absolute Gasteiger partial charge is 0.269 e. The second kappa shape index (κ2) is 9.56. The molecule has 31 heavy (non-hydrogen) atoms. The third-order valence-electron chi connectivity index (χ3n) is 4.31. The van der Waals surface area contributed by atoms with Crippen LogP contribution in [0.1, 0.15) is 15.9 Å². The number of hydrazine groups is 1. The van der Waals surface area contributed by atoms with Gasteiger partial charge in [0, 0.05) is 26.7 Å². The molecule has 0 spiro atoms. The standard InChI is InChI=1S/C19H24N4O6S2/c1-14-5-9-17(10-6-14)31(28,29)23(4)13-18(24)20-21-19(25)15-7-11-16(12-8-15)30(26,27)22(2)3/h5-12H,13H2,1-4H3,(H,20,24)(H,21,25). The highest BCUT2D eigenvalue weighted by Gasteiger charge is 2.23. The first kappa shape index (κ1) is 24.5. The van der Waals surface area contributed by atoms with Crippen molar-refractivity contribution in [3.05, 3.63) is 59.7 Å². The lowest BCUT2D eigenvalue weighted by molar-refractivity contribution is -0.121. The van der Waals surface area contributed by atoms with Gasteiger partial charge < -0.3 is 0 Å². The number of carbonyl (C=O) groups excluding carboxylic acids is 2. The molecule has 2 aromatic rings. The minimum atomic E-state index is -3.87. The molecular weight excluding hydrogens is 444 g/mol. The SMILES string of the molecule is Cc1ccc(S(=O)(=O)N(C)CC(=O)NNC(=O)c2ccc(S(=O)(=O)N(C)C)cc2)cc1. The van der Waals surface area contributed by atoms with E-state index in [1.54, 1.807) is 12.1 Å². The average Bonchev–Trinajstić information content (AvgIpc) is 2.72.